The molecule has 124 valence electrons. The molecule has 0 aliphatic carbocycles. The molecule has 0 radical (unpaired) electrons. The Kier molecular flexibility index (Phi) is 8.84. The largest absolute Gasteiger partial charge is 0.463 e. The van der Waals surface area contributed by atoms with Crippen molar-refractivity contribution in [2.24, 2.45) is 0 Å². The van der Waals surface area contributed by atoms with E-state index in [4.69, 9.17) is 9.47 Å². The second-order valence-electron chi connectivity index (χ2n) is 5.60. The van der Waals surface area contributed by atoms with Gasteiger partial charge in [0.25, 0.3) is 0 Å². The summed E-state index contributed by atoms with van der Waals surface area (Å²) in [6.45, 7) is 2.03. The minimum Gasteiger partial charge on any atom is -0.463 e. The molecule has 0 spiro atoms. The summed E-state index contributed by atoms with van der Waals surface area (Å²) >= 11 is 0. The topological polar surface area (TPSA) is 96.2 Å². The van der Waals surface area contributed by atoms with Crippen molar-refractivity contribution in [2.75, 3.05) is 6.61 Å². The highest BCUT2D eigenvalue weighted by Crippen LogP contribution is 2.20. The maximum atomic E-state index is 11.5. The molecule has 0 aromatic heterocycles. The van der Waals surface area contributed by atoms with Crippen LogP contribution in [0, 0.1) is 0 Å². The van der Waals surface area contributed by atoms with Crippen molar-refractivity contribution in [3.8, 4) is 0 Å². The average Bonchev–Trinajstić information content (AvgIpc) is 2.71. The van der Waals surface area contributed by atoms with Crippen LogP contribution in [0.5, 0.6) is 0 Å². The van der Waals surface area contributed by atoms with Gasteiger partial charge in [0.1, 0.15) is 24.9 Å². The minimum absolute atomic E-state index is 0.148. The molecule has 21 heavy (non-hydrogen) atoms. The number of carbonyl (C=O) groups is 1. The maximum Gasteiger partial charge on any atom is 0.305 e. The van der Waals surface area contributed by atoms with Crippen LogP contribution in [0.4, 0.5) is 0 Å². The molecule has 1 unspecified atom stereocenters. The molecular formula is C15H28O6. The quantitative estimate of drug-likeness (QED) is 0.413. The van der Waals surface area contributed by atoms with Gasteiger partial charge in [-0.25, -0.2) is 0 Å². The number of hydrogen-bond acceptors (Lipinski definition) is 6. The third-order valence-corrected chi connectivity index (χ3v) is 3.73. The average molecular weight is 304 g/mol. The maximum absolute atomic E-state index is 11.5. The van der Waals surface area contributed by atoms with Crippen LogP contribution in [0.3, 0.4) is 0 Å². The van der Waals surface area contributed by atoms with Gasteiger partial charge in [-0.3, -0.25) is 4.79 Å². The third kappa shape index (κ3) is 6.74. The number of unbranched alkanes of at least 4 members (excludes halogenated alkanes) is 6. The van der Waals surface area contributed by atoms with E-state index in [-0.39, 0.29) is 12.6 Å². The predicted octanol–water partition coefficient (Wildman–Crippen LogP) is 1.11. The molecule has 0 aromatic carbocycles. The first kappa shape index (κ1) is 18.4. The number of carbonyl (C=O) groups excluding carboxylic acids is 1. The molecule has 1 aliphatic rings. The fraction of sp³-hybridized carbons (Fsp3) is 0.933. The van der Waals surface area contributed by atoms with E-state index >= 15 is 0 Å². The van der Waals surface area contributed by atoms with Crippen molar-refractivity contribution < 1.29 is 29.6 Å². The molecule has 6 heteroatoms. The Balaban J connectivity index is 2.02. The van der Waals surface area contributed by atoms with Gasteiger partial charge in [0.05, 0.1) is 0 Å². The Morgan fingerprint density at radius 1 is 1.00 bits per heavy atom. The Hall–Kier alpha value is -0.690. The number of hydrogen-bond donors (Lipinski definition) is 3. The van der Waals surface area contributed by atoms with E-state index in [9.17, 15) is 20.1 Å². The lowest BCUT2D eigenvalue weighted by atomic mass is 10.1. The lowest BCUT2D eigenvalue weighted by molar-refractivity contribution is -0.157. The molecule has 1 aliphatic heterocycles. The van der Waals surface area contributed by atoms with Crippen molar-refractivity contribution in [1.29, 1.82) is 0 Å². The van der Waals surface area contributed by atoms with Gasteiger partial charge < -0.3 is 24.8 Å². The lowest BCUT2D eigenvalue weighted by Gasteiger charge is -2.14. The Morgan fingerprint density at radius 3 is 2.19 bits per heavy atom. The molecule has 0 aromatic rings. The van der Waals surface area contributed by atoms with Crippen LogP contribution in [0.2, 0.25) is 0 Å². The molecular weight excluding hydrogens is 276 g/mol. The standard InChI is InChI=1S/C15H28O6/c1-2-3-4-5-6-7-8-9-12(16)20-10-11-13(17)14(18)15(19)21-11/h11,13-15,17-19H,2-10H2,1H3/t11-,13-,14-,15?/m1/s1. The predicted molar refractivity (Wildman–Crippen MR) is 76.5 cm³/mol. The van der Waals surface area contributed by atoms with Gasteiger partial charge in [-0.1, -0.05) is 45.4 Å². The molecule has 6 nitrogen and oxygen atoms in total. The van der Waals surface area contributed by atoms with Crippen molar-refractivity contribution in [3.05, 3.63) is 0 Å². The summed E-state index contributed by atoms with van der Waals surface area (Å²) in [5.41, 5.74) is 0. The molecule has 0 saturated carbocycles. The SMILES string of the molecule is CCCCCCCCCC(=O)OC[C@H]1OC(O)[C@H](O)[C@@H]1O. The van der Waals surface area contributed by atoms with Crippen LogP contribution >= 0.6 is 0 Å². The summed E-state index contributed by atoms with van der Waals surface area (Å²) in [5.74, 6) is -0.338. The summed E-state index contributed by atoms with van der Waals surface area (Å²) < 4.78 is 9.89. The molecule has 1 saturated heterocycles. The van der Waals surface area contributed by atoms with E-state index < -0.39 is 24.6 Å². The highest BCUT2D eigenvalue weighted by molar-refractivity contribution is 5.69. The van der Waals surface area contributed by atoms with E-state index in [1.54, 1.807) is 0 Å². The van der Waals surface area contributed by atoms with Crippen molar-refractivity contribution in [3.63, 3.8) is 0 Å². The first-order valence-corrected chi connectivity index (χ1v) is 7.91. The summed E-state index contributed by atoms with van der Waals surface area (Å²) in [7, 11) is 0. The van der Waals surface area contributed by atoms with Crippen LogP contribution < -0.4 is 0 Å². The molecule has 0 amide bonds. The van der Waals surface area contributed by atoms with Crippen LogP contribution in [0.15, 0.2) is 0 Å². The number of esters is 1. The zero-order valence-electron chi connectivity index (χ0n) is 12.7. The fourth-order valence-electron chi connectivity index (χ4n) is 2.34. The zero-order chi connectivity index (χ0) is 15.7. The molecule has 1 rings (SSSR count). The summed E-state index contributed by atoms with van der Waals surface area (Å²) in [5, 5.41) is 28.0. The van der Waals surface area contributed by atoms with Crippen LogP contribution in [0.1, 0.15) is 58.3 Å². The van der Waals surface area contributed by atoms with Gasteiger partial charge in [0, 0.05) is 6.42 Å². The highest BCUT2D eigenvalue weighted by Gasteiger charge is 2.42. The fourth-order valence-corrected chi connectivity index (χ4v) is 2.34. The van der Waals surface area contributed by atoms with E-state index in [0.717, 1.165) is 19.3 Å². The van der Waals surface area contributed by atoms with Gasteiger partial charge >= 0.3 is 5.97 Å². The van der Waals surface area contributed by atoms with Crippen molar-refractivity contribution in [2.45, 2.75) is 82.9 Å². The highest BCUT2D eigenvalue weighted by atomic mass is 16.7. The number of aliphatic hydroxyl groups is 3. The summed E-state index contributed by atoms with van der Waals surface area (Å²) in [4.78, 5) is 11.5. The molecule has 1 fully saturated rings. The third-order valence-electron chi connectivity index (χ3n) is 3.73. The second-order valence-corrected chi connectivity index (χ2v) is 5.60. The van der Waals surface area contributed by atoms with Crippen molar-refractivity contribution in [1.82, 2.24) is 0 Å². The van der Waals surface area contributed by atoms with E-state index in [1.807, 2.05) is 0 Å². The number of ether oxygens (including phenoxy) is 2. The van der Waals surface area contributed by atoms with Crippen molar-refractivity contribution >= 4 is 5.97 Å². The van der Waals surface area contributed by atoms with Crippen LogP contribution in [0.25, 0.3) is 0 Å². The van der Waals surface area contributed by atoms with E-state index in [2.05, 4.69) is 6.92 Å². The smallest absolute Gasteiger partial charge is 0.305 e. The first-order chi connectivity index (χ1) is 10.1. The Morgan fingerprint density at radius 2 is 1.62 bits per heavy atom. The van der Waals surface area contributed by atoms with Crippen LogP contribution in [-0.4, -0.2) is 52.5 Å². The van der Waals surface area contributed by atoms with Gasteiger partial charge in [-0.05, 0) is 6.42 Å². The molecule has 3 N–H and O–H groups in total. The lowest BCUT2D eigenvalue weighted by Crippen LogP contribution is -2.34. The number of rotatable bonds is 10. The number of aliphatic hydroxyl groups excluding tert-OH is 3. The van der Waals surface area contributed by atoms with Gasteiger partial charge in [0.2, 0.25) is 0 Å². The normalized spacial score (nSPS) is 28.8. The molecule has 0 bridgehead atoms. The van der Waals surface area contributed by atoms with Gasteiger partial charge in [-0.2, -0.15) is 0 Å². The zero-order valence-corrected chi connectivity index (χ0v) is 12.7. The summed E-state index contributed by atoms with van der Waals surface area (Å²) in [6.07, 6.45) is 3.38. The first-order valence-electron chi connectivity index (χ1n) is 7.91. The van der Waals surface area contributed by atoms with E-state index in [0.29, 0.717) is 6.42 Å². The summed E-state index contributed by atoms with van der Waals surface area (Å²) in [6, 6.07) is 0. The molecule has 4 atom stereocenters. The van der Waals surface area contributed by atoms with Gasteiger partial charge in [0.15, 0.2) is 6.29 Å². The second kappa shape index (κ2) is 10.1. The Labute approximate surface area is 126 Å². The van der Waals surface area contributed by atoms with Crippen LogP contribution in [-0.2, 0) is 14.3 Å². The minimum atomic E-state index is -1.42. The molecule has 1 heterocycles. The monoisotopic (exact) mass is 304 g/mol. The van der Waals surface area contributed by atoms with Gasteiger partial charge in [-0.15, -0.1) is 0 Å². The van der Waals surface area contributed by atoms with E-state index in [1.165, 1.54) is 25.7 Å². The Bertz CT molecular complexity index is 296.